The molecule has 24 heavy (non-hydrogen) atoms. The van der Waals surface area contributed by atoms with Crippen LogP contribution in [-0.4, -0.2) is 31.6 Å². The average Bonchev–Trinajstić information content (AvgIpc) is 3.43. The Labute approximate surface area is 141 Å². The summed E-state index contributed by atoms with van der Waals surface area (Å²) in [5.74, 6) is 0.0241. The molecule has 0 aliphatic heterocycles. The summed E-state index contributed by atoms with van der Waals surface area (Å²) in [6.45, 7) is 1.54. The van der Waals surface area contributed by atoms with Gasteiger partial charge in [-0.2, -0.15) is 5.26 Å². The number of carbonyl (C=O) groups is 2. The van der Waals surface area contributed by atoms with Crippen molar-refractivity contribution in [1.82, 2.24) is 5.32 Å². The van der Waals surface area contributed by atoms with Crippen LogP contribution >= 0.6 is 0 Å². The third kappa shape index (κ3) is 5.13. The molecule has 1 amide bonds. The molecule has 0 unspecified atom stereocenters. The fourth-order valence-electron chi connectivity index (χ4n) is 2.22. The quantitative estimate of drug-likeness (QED) is 0.470. The molecule has 1 atom stereocenters. The first-order valence-corrected chi connectivity index (χ1v) is 7.76. The van der Waals surface area contributed by atoms with Crippen LogP contribution in [0.3, 0.4) is 0 Å². The van der Waals surface area contributed by atoms with Gasteiger partial charge in [-0.3, -0.25) is 4.79 Å². The minimum atomic E-state index is -0.817. The van der Waals surface area contributed by atoms with Crippen LogP contribution in [0.25, 0.3) is 6.08 Å². The van der Waals surface area contributed by atoms with Gasteiger partial charge in [0.25, 0.3) is 5.91 Å². The fraction of sp³-hybridized carbons (Fsp3) is 0.389. The molecule has 2 rings (SSSR count). The lowest BCUT2D eigenvalue weighted by molar-refractivity contribution is -0.144. The van der Waals surface area contributed by atoms with Gasteiger partial charge in [-0.05, 0) is 49.5 Å². The van der Waals surface area contributed by atoms with Gasteiger partial charge in [-0.1, -0.05) is 12.1 Å². The molecule has 0 bridgehead atoms. The number of carbonyl (C=O) groups excluding carboxylic acids is 2. The van der Waals surface area contributed by atoms with Crippen LogP contribution in [0.15, 0.2) is 29.8 Å². The number of amides is 1. The largest absolute Gasteiger partial charge is 0.497 e. The zero-order valence-electron chi connectivity index (χ0n) is 13.7. The monoisotopic (exact) mass is 328 g/mol. The standard InChI is InChI=1S/C18H20N2O4/c1-12(14-5-6-14)20-17(21)11-24-18(22)15(10-19)9-13-3-7-16(23-2)8-4-13/h3-4,7-9,12,14H,5-6,11H2,1-2H3,(H,20,21)/b15-9+/t12-/m0/s1. The van der Waals surface area contributed by atoms with Crippen molar-refractivity contribution in [2.75, 3.05) is 13.7 Å². The molecule has 1 aromatic carbocycles. The maximum Gasteiger partial charge on any atom is 0.349 e. The predicted octanol–water partition coefficient (Wildman–Crippen LogP) is 2.06. The lowest BCUT2D eigenvalue weighted by Gasteiger charge is -2.12. The lowest BCUT2D eigenvalue weighted by atomic mass is 10.1. The number of hydrogen-bond donors (Lipinski definition) is 1. The first-order chi connectivity index (χ1) is 11.5. The molecule has 0 saturated heterocycles. The van der Waals surface area contributed by atoms with Crippen molar-refractivity contribution >= 4 is 18.0 Å². The van der Waals surface area contributed by atoms with Crippen molar-refractivity contribution in [1.29, 1.82) is 5.26 Å². The summed E-state index contributed by atoms with van der Waals surface area (Å²) >= 11 is 0. The van der Waals surface area contributed by atoms with Gasteiger partial charge in [0, 0.05) is 6.04 Å². The Bertz CT molecular complexity index is 669. The van der Waals surface area contributed by atoms with Crippen LogP contribution in [0.1, 0.15) is 25.3 Å². The van der Waals surface area contributed by atoms with Crippen LogP contribution in [0, 0.1) is 17.2 Å². The van der Waals surface area contributed by atoms with E-state index in [-0.39, 0.29) is 17.5 Å². The summed E-state index contributed by atoms with van der Waals surface area (Å²) in [5.41, 5.74) is 0.499. The number of benzene rings is 1. The number of hydrogen-bond acceptors (Lipinski definition) is 5. The van der Waals surface area contributed by atoms with Crippen molar-refractivity contribution in [2.45, 2.75) is 25.8 Å². The summed E-state index contributed by atoms with van der Waals surface area (Å²) in [6.07, 6.45) is 3.64. The van der Waals surface area contributed by atoms with Crippen LogP contribution in [0.5, 0.6) is 5.75 Å². The van der Waals surface area contributed by atoms with E-state index in [1.165, 1.54) is 6.08 Å². The number of nitrogens with zero attached hydrogens (tertiary/aromatic N) is 1. The Kier molecular flexibility index (Phi) is 5.96. The Balaban J connectivity index is 1.89. The van der Waals surface area contributed by atoms with E-state index < -0.39 is 12.6 Å². The molecular weight excluding hydrogens is 308 g/mol. The number of nitriles is 1. The molecule has 126 valence electrons. The van der Waals surface area contributed by atoms with Crippen molar-refractivity contribution < 1.29 is 19.1 Å². The first kappa shape index (κ1) is 17.5. The number of nitrogens with one attached hydrogen (secondary N) is 1. The second-order valence-electron chi connectivity index (χ2n) is 5.71. The number of ether oxygens (including phenoxy) is 2. The highest BCUT2D eigenvalue weighted by Crippen LogP contribution is 2.32. The molecule has 0 aromatic heterocycles. The van der Waals surface area contributed by atoms with E-state index in [2.05, 4.69) is 5.32 Å². The highest BCUT2D eigenvalue weighted by atomic mass is 16.5. The van der Waals surface area contributed by atoms with Crippen molar-refractivity contribution in [3.63, 3.8) is 0 Å². The van der Waals surface area contributed by atoms with Crippen LogP contribution in [-0.2, 0) is 14.3 Å². The normalized spacial score (nSPS) is 15.1. The van der Waals surface area contributed by atoms with Gasteiger partial charge in [-0.25, -0.2) is 4.79 Å². The van der Waals surface area contributed by atoms with Gasteiger partial charge in [0.05, 0.1) is 7.11 Å². The Morgan fingerprint density at radius 3 is 2.58 bits per heavy atom. The zero-order valence-corrected chi connectivity index (χ0v) is 13.7. The minimum Gasteiger partial charge on any atom is -0.497 e. The molecule has 0 heterocycles. The SMILES string of the molecule is COc1ccc(/C=C(\C#N)C(=O)OCC(=O)N[C@@H](C)C2CC2)cc1. The van der Waals surface area contributed by atoms with Gasteiger partial charge in [-0.15, -0.1) is 0 Å². The van der Waals surface area contributed by atoms with Gasteiger partial charge in [0.15, 0.2) is 6.61 Å². The Hall–Kier alpha value is -2.81. The van der Waals surface area contributed by atoms with Crippen molar-refractivity contribution in [2.24, 2.45) is 5.92 Å². The van der Waals surface area contributed by atoms with Gasteiger partial charge in [0.1, 0.15) is 17.4 Å². The average molecular weight is 328 g/mol. The van der Waals surface area contributed by atoms with Gasteiger partial charge >= 0.3 is 5.97 Å². The molecule has 1 N–H and O–H groups in total. The van der Waals surface area contributed by atoms with E-state index in [1.54, 1.807) is 37.4 Å². The van der Waals surface area contributed by atoms with E-state index in [0.29, 0.717) is 17.2 Å². The molecule has 6 nitrogen and oxygen atoms in total. The molecule has 1 fully saturated rings. The maximum atomic E-state index is 11.9. The van der Waals surface area contributed by atoms with E-state index in [9.17, 15) is 9.59 Å². The molecule has 1 aliphatic rings. The summed E-state index contributed by atoms with van der Waals surface area (Å²) in [6, 6.07) is 8.75. The minimum absolute atomic E-state index is 0.0847. The molecule has 1 aromatic rings. The molecule has 6 heteroatoms. The van der Waals surface area contributed by atoms with E-state index in [0.717, 1.165) is 12.8 Å². The highest BCUT2D eigenvalue weighted by molar-refractivity contribution is 5.98. The zero-order chi connectivity index (χ0) is 17.5. The molecular formula is C18H20N2O4. The highest BCUT2D eigenvalue weighted by Gasteiger charge is 2.29. The first-order valence-electron chi connectivity index (χ1n) is 7.76. The van der Waals surface area contributed by atoms with Crippen LogP contribution < -0.4 is 10.1 Å². The van der Waals surface area contributed by atoms with Crippen molar-refractivity contribution in [3.05, 3.63) is 35.4 Å². The second kappa shape index (κ2) is 8.16. The number of rotatable bonds is 7. The lowest BCUT2D eigenvalue weighted by Crippen LogP contribution is -2.37. The van der Waals surface area contributed by atoms with Gasteiger partial charge in [0.2, 0.25) is 0 Å². The van der Waals surface area contributed by atoms with Crippen LogP contribution in [0.2, 0.25) is 0 Å². The number of esters is 1. The van der Waals surface area contributed by atoms with Gasteiger partial charge < -0.3 is 14.8 Å². The fourth-order valence-corrected chi connectivity index (χ4v) is 2.22. The molecule has 0 radical (unpaired) electrons. The maximum absolute atomic E-state index is 11.9. The summed E-state index contributed by atoms with van der Waals surface area (Å²) in [7, 11) is 1.55. The molecule has 1 saturated carbocycles. The molecule has 1 aliphatic carbocycles. The van der Waals surface area contributed by atoms with E-state index in [1.807, 2.05) is 6.92 Å². The Morgan fingerprint density at radius 1 is 1.38 bits per heavy atom. The van der Waals surface area contributed by atoms with Crippen LogP contribution in [0.4, 0.5) is 0 Å². The third-order valence-electron chi connectivity index (χ3n) is 3.82. The van der Waals surface area contributed by atoms with E-state index >= 15 is 0 Å². The summed E-state index contributed by atoms with van der Waals surface area (Å²) in [5, 5.41) is 11.9. The number of methoxy groups -OCH3 is 1. The molecule has 0 spiro atoms. The Morgan fingerprint density at radius 2 is 2.04 bits per heavy atom. The van der Waals surface area contributed by atoms with E-state index in [4.69, 9.17) is 14.7 Å². The summed E-state index contributed by atoms with van der Waals surface area (Å²) < 4.78 is 9.95. The van der Waals surface area contributed by atoms with Crippen molar-refractivity contribution in [3.8, 4) is 11.8 Å². The summed E-state index contributed by atoms with van der Waals surface area (Å²) in [4.78, 5) is 23.6. The topological polar surface area (TPSA) is 88.4 Å². The third-order valence-corrected chi connectivity index (χ3v) is 3.82. The predicted molar refractivity (Wildman–Crippen MR) is 87.9 cm³/mol. The second-order valence-corrected chi connectivity index (χ2v) is 5.71. The smallest absolute Gasteiger partial charge is 0.349 e.